The summed E-state index contributed by atoms with van der Waals surface area (Å²) < 4.78 is 68.3. The lowest BCUT2D eigenvalue weighted by atomic mass is 10.0. The summed E-state index contributed by atoms with van der Waals surface area (Å²) in [6.07, 6.45) is 77.5. The Morgan fingerprint density at radius 2 is 0.561 bits per heavy atom. The van der Waals surface area contributed by atoms with Gasteiger partial charge in [-0.1, -0.05) is 264 Å². The van der Waals surface area contributed by atoms with E-state index in [0.29, 0.717) is 32.1 Å². The minimum atomic E-state index is -4.99. The average Bonchev–Trinajstić information content (AvgIpc) is 0.969. The largest absolute Gasteiger partial charge is 0.472 e. The Balaban J connectivity index is 5.43. The minimum Gasteiger partial charge on any atom is -0.462 e. The van der Waals surface area contributed by atoms with E-state index < -0.39 is 97.5 Å². The van der Waals surface area contributed by atoms with Gasteiger partial charge in [0.2, 0.25) is 0 Å². The predicted molar refractivity (Wildman–Crippen MR) is 399 cm³/mol. The third kappa shape index (κ3) is 69.7. The van der Waals surface area contributed by atoms with Crippen molar-refractivity contribution < 1.29 is 80.2 Å². The molecule has 0 aliphatic heterocycles. The molecule has 0 bridgehead atoms. The number of aliphatic hydroxyl groups excluding tert-OH is 1. The van der Waals surface area contributed by atoms with Crippen LogP contribution in [0.2, 0.25) is 0 Å². The van der Waals surface area contributed by atoms with Crippen molar-refractivity contribution in [2.24, 2.45) is 0 Å². The number of hydrogen-bond acceptors (Lipinski definition) is 15. The molecule has 0 aromatic carbocycles. The van der Waals surface area contributed by atoms with E-state index in [9.17, 15) is 43.2 Å². The van der Waals surface area contributed by atoms with Gasteiger partial charge in [-0.25, -0.2) is 9.13 Å². The number of unbranched alkanes of at least 4 members (excludes halogenated alkanes) is 21. The molecule has 0 amide bonds. The van der Waals surface area contributed by atoms with Gasteiger partial charge in [-0.05, 0) is 128 Å². The third-order valence-corrected chi connectivity index (χ3v) is 17.0. The van der Waals surface area contributed by atoms with Crippen LogP contribution in [0.1, 0.15) is 285 Å². The number of allylic oxidation sites excluding steroid dienone is 22. The van der Waals surface area contributed by atoms with Gasteiger partial charge in [0.05, 0.1) is 26.4 Å². The molecule has 0 aliphatic rings. The highest BCUT2D eigenvalue weighted by Gasteiger charge is 2.30. The van der Waals surface area contributed by atoms with Gasteiger partial charge in [-0.3, -0.25) is 37.3 Å². The fourth-order valence-electron chi connectivity index (χ4n) is 9.46. The maximum atomic E-state index is 13.1. The Kier molecular flexibility index (Phi) is 67.2. The van der Waals surface area contributed by atoms with Crippen molar-refractivity contribution >= 4 is 39.5 Å². The molecule has 0 saturated carbocycles. The summed E-state index contributed by atoms with van der Waals surface area (Å²) in [5.41, 5.74) is 0. The predicted octanol–water partition coefficient (Wildman–Crippen LogP) is 21.3. The van der Waals surface area contributed by atoms with Crippen LogP contribution in [0.15, 0.2) is 134 Å². The zero-order valence-electron chi connectivity index (χ0n) is 60.9. The number of rotatable bonds is 69. The first-order valence-electron chi connectivity index (χ1n) is 37.4. The molecule has 0 aromatic rings. The van der Waals surface area contributed by atoms with Crippen molar-refractivity contribution in [2.75, 3.05) is 39.6 Å². The molecule has 0 fully saturated rings. The molecule has 98 heavy (non-hydrogen) atoms. The lowest BCUT2D eigenvalue weighted by molar-refractivity contribution is -0.161. The fraction of sp³-hybridized carbons (Fsp3) is 0.671. The Bertz CT molecular complexity index is 2380. The van der Waals surface area contributed by atoms with Gasteiger partial charge in [-0.15, -0.1) is 0 Å². The average molecular weight is 1420 g/mol. The molecule has 560 valence electrons. The highest BCUT2D eigenvalue weighted by Crippen LogP contribution is 2.45. The highest BCUT2D eigenvalue weighted by atomic mass is 31.2. The minimum absolute atomic E-state index is 0.0654. The van der Waals surface area contributed by atoms with Crippen molar-refractivity contribution in [3.05, 3.63) is 134 Å². The fourth-order valence-corrected chi connectivity index (χ4v) is 11.0. The molecule has 0 radical (unpaired) electrons. The lowest BCUT2D eigenvalue weighted by Crippen LogP contribution is -2.30. The zero-order valence-corrected chi connectivity index (χ0v) is 62.7. The van der Waals surface area contributed by atoms with Gasteiger partial charge in [-0.2, -0.15) is 0 Å². The molecule has 0 heterocycles. The molecule has 17 nitrogen and oxygen atoms in total. The van der Waals surface area contributed by atoms with Crippen LogP contribution in [0, 0.1) is 0 Å². The maximum absolute atomic E-state index is 13.1. The summed E-state index contributed by atoms with van der Waals surface area (Å²) in [6.45, 7) is 4.44. The van der Waals surface area contributed by atoms with Crippen molar-refractivity contribution in [1.82, 2.24) is 0 Å². The number of carbonyl (C=O) groups is 4. The number of carbonyl (C=O) groups excluding carboxylic acids is 4. The van der Waals surface area contributed by atoms with Crippen LogP contribution >= 0.6 is 15.6 Å². The molecular formula is C79H132O17P2. The van der Waals surface area contributed by atoms with Gasteiger partial charge in [0.1, 0.15) is 19.3 Å². The van der Waals surface area contributed by atoms with Gasteiger partial charge >= 0.3 is 39.5 Å². The van der Waals surface area contributed by atoms with Crippen LogP contribution in [0.3, 0.4) is 0 Å². The number of phosphoric ester groups is 2. The summed E-state index contributed by atoms with van der Waals surface area (Å²) >= 11 is 0. The second-order valence-electron chi connectivity index (χ2n) is 24.5. The van der Waals surface area contributed by atoms with Gasteiger partial charge in [0.25, 0.3) is 0 Å². The third-order valence-electron chi connectivity index (χ3n) is 15.1. The van der Waals surface area contributed by atoms with Crippen LogP contribution in [0.5, 0.6) is 0 Å². The van der Waals surface area contributed by atoms with E-state index in [-0.39, 0.29) is 25.7 Å². The van der Waals surface area contributed by atoms with Crippen molar-refractivity contribution in [1.29, 1.82) is 0 Å². The molecule has 0 spiro atoms. The number of aliphatic hydroxyl groups is 1. The van der Waals surface area contributed by atoms with Crippen molar-refractivity contribution in [3.63, 3.8) is 0 Å². The molecule has 3 N–H and O–H groups in total. The molecule has 5 unspecified atom stereocenters. The van der Waals surface area contributed by atoms with E-state index in [4.69, 9.17) is 37.0 Å². The molecule has 0 saturated heterocycles. The normalized spacial score (nSPS) is 14.7. The standard InChI is InChI=1S/C79H132O17P2/c1-5-9-13-17-21-25-29-33-35-36-38-42-44-48-52-56-60-64-77(82)90-70-75(96-79(84)66-62-58-54-50-46-40-32-28-24-20-16-12-8-4)72-94-98(87,88)92-68-73(80)67-91-97(85,86)93-71-74(95-78(83)65-61-57-53-49-45-39-31-27-23-19-15-11-7-3)69-89-76(81)63-59-55-51-47-43-41-37-34-30-26-22-18-14-10-6-2/h9-10,13-15,19,21-22,25-27,31,33-35,37-38,42-43,47-48,52,73-75,80H,5-8,11-12,16-18,20,23-24,28-30,32,36,39-41,44-46,49-51,53-72H2,1-4H3,(H,85,86)(H,87,88)/b13-9-,14-10-,19-15-,25-21-,26-22-,31-27-,35-33-,37-34-,42-38-,47-43-,52-48-. The van der Waals surface area contributed by atoms with Crippen molar-refractivity contribution in [2.45, 2.75) is 303 Å². The Labute approximate surface area is 593 Å². The smallest absolute Gasteiger partial charge is 0.462 e. The molecule has 0 aliphatic carbocycles. The summed E-state index contributed by atoms with van der Waals surface area (Å²) in [7, 11) is -9.98. The number of phosphoric acid groups is 2. The van der Waals surface area contributed by atoms with E-state index in [2.05, 4.69) is 149 Å². The molecule has 0 rings (SSSR count). The van der Waals surface area contributed by atoms with Crippen LogP contribution in [-0.2, 0) is 65.4 Å². The topological polar surface area (TPSA) is 237 Å². The van der Waals surface area contributed by atoms with Gasteiger partial charge in [0.15, 0.2) is 12.2 Å². The van der Waals surface area contributed by atoms with Gasteiger partial charge < -0.3 is 33.8 Å². The van der Waals surface area contributed by atoms with Gasteiger partial charge in [0, 0.05) is 25.7 Å². The molecule has 19 heteroatoms. The van der Waals surface area contributed by atoms with E-state index >= 15 is 0 Å². The molecular weight excluding hydrogens is 1280 g/mol. The van der Waals surface area contributed by atoms with Crippen molar-refractivity contribution in [3.8, 4) is 0 Å². The molecule has 0 aromatic heterocycles. The van der Waals surface area contributed by atoms with Crippen LogP contribution in [-0.4, -0.2) is 96.7 Å². The van der Waals surface area contributed by atoms with E-state index in [0.717, 1.165) is 148 Å². The Hall–Kier alpha value is -4.80. The summed E-state index contributed by atoms with van der Waals surface area (Å²) in [6, 6.07) is 0. The number of esters is 4. The first-order chi connectivity index (χ1) is 47.7. The molecule has 5 atom stereocenters. The summed E-state index contributed by atoms with van der Waals surface area (Å²) in [4.78, 5) is 72.8. The second kappa shape index (κ2) is 70.6. The maximum Gasteiger partial charge on any atom is 0.472 e. The highest BCUT2D eigenvalue weighted by molar-refractivity contribution is 7.47. The first-order valence-corrected chi connectivity index (χ1v) is 40.4. The lowest BCUT2D eigenvalue weighted by Gasteiger charge is -2.21. The number of hydrogen-bond donors (Lipinski definition) is 3. The monoisotopic (exact) mass is 1410 g/mol. The SMILES string of the molecule is CC/C=C\C/C=C\C/C=C\C/C=C\C/C=C\CCCC(=O)OCC(COP(=O)(O)OCC(O)COP(=O)(O)OCC(COC(=O)CCCC/C=C\C/C=C\C/C=C\C/C=C\CC)OC(=O)CCCCCCC/C=C\C/C=C\CCC)OC(=O)CCCCCCCCCCCCCCC. The van der Waals surface area contributed by atoms with Crippen LogP contribution in [0.4, 0.5) is 0 Å². The second-order valence-corrected chi connectivity index (χ2v) is 27.4. The van der Waals surface area contributed by atoms with Crippen LogP contribution in [0.25, 0.3) is 0 Å². The van der Waals surface area contributed by atoms with E-state index in [1.165, 1.54) is 51.4 Å². The van der Waals surface area contributed by atoms with E-state index in [1.807, 2.05) is 12.2 Å². The number of ether oxygens (including phenoxy) is 4. The Morgan fingerprint density at radius 3 is 0.918 bits per heavy atom. The quantitative estimate of drug-likeness (QED) is 0.0169. The first kappa shape index (κ1) is 93.2. The Morgan fingerprint density at radius 1 is 0.296 bits per heavy atom. The zero-order chi connectivity index (χ0) is 71.8. The van der Waals surface area contributed by atoms with E-state index in [1.54, 1.807) is 0 Å². The van der Waals surface area contributed by atoms with Crippen LogP contribution < -0.4 is 0 Å². The summed E-state index contributed by atoms with van der Waals surface area (Å²) in [5.74, 6) is -2.31. The summed E-state index contributed by atoms with van der Waals surface area (Å²) in [5, 5.41) is 10.6.